The summed E-state index contributed by atoms with van der Waals surface area (Å²) in [6.07, 6.45) is -4.49. The fourth-order valence-corrected chi connectivity index (χ4v) is 3.62. The van der Waals surface area contributed by atoms with Crippen molar-refractivity contribution in [2.75, 3.05) is 6.54 Å². The minimum Gasteiger partial charge on any atom is -0.346 e. The Labute approximate surface area is 169 Å². The van der Waals surface area contributed by atoms with Crippen LogP contribution in [0.3, 0.4) is 0 Å². The Hall–Kier alpha value is -2.81. The first-order chi connectivity index (χ1) is 13.7. The van der Waals surface area contributed by atoms with E-state index < -0.39 is 23.9 Å². The van der Waals surface area contributed by atoms with Crippen molar-refractivity contribution >= 4 is 28.6 Å². The summed E-state index contributed by atoms with van der Waals surface area (Å²) < 4.78 is 38.5. The molecule has 0 spiro atoms. The fourth-order valence-electron chi connectivity index (χ4n) is 2.69. The second-order valence-electron chi connectivity index (χ2n) is 6.38. The van der Waals surface area contributed by atoms with E-state index in [2.05, 4.69) is 4.98 Å². The number of nitrogens with zero attached hydrogens (tertiary/aromatic N) is 2. The molecule has 29 heavy (non-hydrogen) atoms. The van der Waals surface area contributed by atoms with Crippen LogP contribution in [0.2, 0.25) is 0 Å². The van der Waals surface area contributed by atoms with E-state index in [1.807, 2.05) is 35.6 Å². The Morgan fingerprint density at radius 3 is 2.48 bits per heavy atom. The Bertz CT molecular complexity index is 1070. The molecule has 0 radical (unpaired) electrons. The van der Waals surface area contributed by atoms with E-state index in [-0.39, 0.29) is 17.3 Å². The molecule has 9 heteroatoms. The molecule has 3 rings (SSSR count). The fraction of sp³-hybridized carbons (Fsp3) is 0.250. The molecular formula is C20H18F3N3O2S. The molecule has 0 saturated carbocycles. The monoisotopic (exact) mass is 421 g/mol. The average Bonchev–Trinajstić information content (AvgIpc) is 2.69. The third-order valence-electron chi connectivity index (χ3n) is 4.12. The number of benzene rings is 2. The molecule has 0 bridgehead atoms. The van der Waals surface area contributed by atoms with E-state index in [9.17, 15) is 22.8 Å². The zero-order valence-corrected chi connectivity index (χ0v) is 16.3. The summed E-state index contributed by atoms with van der Waals surface area (Å²) in [6, 6.07) is 16.1. The summed E-state index contributed by atoms with van der Waals surface area (Å²) in [5.74, 6) is -0.777. The maximum Gasteiger partial charge on any atom is 0.405 e. The molecular weight excluding hydrogens is 403 g/mol. The van der Waals surface area contributed by atoms with Gasteiger partial charge in [0.05, 0.1) is 22.7 Å². The van der Waals surface area contributed by atoms with Gasteiger partial charge in [-0.1, -0.05) is 54.2 Å². The number of thioether (sulfide) groups is 1. The molecule has 0 aliphatic rings. The number of hydrogen-bond acceptors (Lipinski definition) is 4. The molecule has 0 aliphatic carbocycles. The third kappa shape index (κ3) is 5.38. The van der Waals surface area contributed by atoms with Crippen molar-refractivity contribution in [1.82, 2.24) is 14.9 Å². The van der Waals surface area contributed by atoms with Crippen molar-refractivity contribution in [2.45, 2.75) is 30.1 Å². The van der Waals surface area contributed by atoms with E-state index in [0.717, 1.165) is 17.3 Å². The van der Waals surface area contributed by atoms with Gasteiger partial charge < -0.3 is 5.32 Å². The Morgan fingerprint density at radius 2 is 1.79 bits per heavy atom. The standard InChI is InChI=1S/C20H18F3N3O2S/c1-13(17(27)24-12-20(21,22)23)29-19-25-16-10-6-5-9-15(16)18(28)26(19)11-14-7-3-2-4-8-14/h2-10,13H,11-12H2,1H3,(H,24,27). The molecule has 1 unspecified atom stereocenters. The summed E-state index contributed by atoms with van der Waals surface area (Å²) in [5.41, 5.74) is 1.06. The van der Waals surface area contributed by atoms with Crippen LogP contribution in [0, 0.1) is 0 Å². The van der Waals surface area contributed by atoms with Gasteiger partial charge >= 0.3 is 6.18 Å². The predicted molar refractivity (Wildman–Crippen MR) is 106 cm³/mol. The number of rotatable bonds is 6. The summed E-state index contributed by atoms with van der Waals surface area (Å²) in [4.78, 5) is 29.6. The minimum absolute atomic E-state index is 0.233. The van der Waals surface area contributed by atoms with Gasteiger partial charge in [-0.3, -0.25) is 14.2 Å². The van der Waals surface area contributed by atoms with Crippen LogP contribution in [-0.4, -0.2) is 33.4 Å². The number of para-hydroxylation sites is 1. The van der Waals surface area contributed by atoms with E-state index in [1.165, 1.54) is 11.5 Å². The van der Waals surface area contributed by atoms with Gasteiger partial charge in [0, 0.05) is 0 Å². The summed E-state index contributed by atoms with van der Waals surface area (Å²) in [6.45, 7) is 0.306. The quantitative estimate of drug-likeness (QED) is 0.488. The highest BCUT2D eigenvalue weighted by Gasteiger charge is 2.29. The molecule has 0 aliphatic heterocycles. The molecule has 0 saturated heterocycles. The second kappa shape index (κ2) is 8.69. The van der Waals surface area contributed by atoms with Crippen LogP contribution in [0.1, 0.15) is 12.5 Å². The van der Waals surface area contributed by atoms with Crippen molar-refractivity contribution in [2.24, 2.45) is 0 Å². The molecule has 2 aromatic carbocycles. The maximum absolute atomic E-state index is 13.0. The molecule has 1 atom stereocenters. The van der Waals surface area contributed by atoms with E-state index >= 15 is 0 Å². The summed E-state index contributed by atoms with van der Waals surface area (Å²) in [5, 5.41) is 1.70. The van der Waals surface area contributed by atoms with E-state index in [0.29, 0.717) is 10.9 Å². The SMILES string of the molecule is CC(Sc1nc2ccccc2c(=O)n1Cc1ccccc1)C(=O)NCC(F)(F)F. The molecule has 152 valence electrons. The number of aromatic nitrogens is 2. The molecule has 1 heterocycles. The number of carbonyl (C=O) groups is 1. The zero-order chi connectivity index (χ0) is 21.0. The van der Waals surface area contributed by atoms with Crippen LogP contribution in [0.25, 0.3) is 10.9 Å². The summed E-state index contributed by atoms with van der Waals surface area (Å²) in [7, 11) is 0. The van der Waals surface area contributed by atoms with Crippen LogP contribution >= 0.6 is 11.8 Å². The van der Waals surface area contributed by atoms with Gasteiger partial charge in [0.15, 0.2) is 5.16 Å². The predicted octanol–water partition coefficient (Wildman–Crippen LogP) is 3.60. The van der Waals surface area contributed by atoms with Gasteiger partial charge in [-0.05, 0) is 24.6 Å². The highest BCUT2D eigenvalue weighted by atomic mass is 32.2. The van der Waals surface area contributed by atoms with Crippen molar-refractivity contribution in [3.63, 3.8) is 0 Å². The minimum atomic E-state index is -4.49. The lowest BCUT2D eigenvalue weighted by molar-refractivity contribution is -0.137. The van der Waals surface area contributed by atoms with Crippen LogP contribution in [0.5, 0.6) is 0 Å². The van der Waals surface area contributed by atoms with Gasteiger partial charge in [0.25, 0.3) is 5.56 Å². The largest absolute Gasteiger partial charge is 0.405 e. The van der Waals surface area contributed by atoms with Gasteiger partial charge in [-0.25, -0.2) is 4.98 Å². The van der Waals surface area contributed by atoms with E-state index in [1.54, 1.807) is 24.3 Å². The first kappa shape index (κ1) is 20.9. The lowest BCUT2D eigenvalue weighted by Gasteiger charge is -2.17. The second-order valence-corrected chi connectivity index (χ2v) is 7.69. The number of amides is 1. The van der Waals surface area contributed by atoms with Gasteiger partial charge in [-0.15, -0.1) is 0 Å². The lowest BCUT2D eigenvalue weighted by Crippen LogP contribution is -2.38. The van der Waals surface area contributed by atoms with Gasteiger partial charge in [0.2, 0.25) is 5.91 Å². The van der Waals surface area contributed by atoms with Gasteiger partial charge in [0.1, 0.15) is 6.54 Å². The number of fused-ring (bicyclic) bond motifs is 1. The lowest BCUT2D eigenvalue weighted by atomic mass is 10.2. The highest BCUT2D eigenvalue weighted by Crippen LogP contribution is 2.24. The Balaban J connectivity index is 1.94. The van der Waals surface area contributed by atoms with Crippen LogP contribution < -0.4 is 10.9 Å². The highest BCUT2D eigenvalue weighted by molar-refractivity contribution is 8.00. The number of carbonyl (C=O) groups excluding carboxylic acids is 1. The number of nitrogens with one attached hydrogen (secondary N) is 1. The summed E-state index contributed by atoms with van der Waals surface area (Å²) >= 11 is 0.950. The average molecular weight is 421 g/mol. The number of alkyl halides is 3. The van der Waals surface area contributed by atoms with Gasteiger partial charge in [-0.2, -0.15) is 13.2 Å². The van der Waals surface area contributed by atoms with Crippen molar-refractivity contribution < 1.29 is 18.0 Å². The van der Waals surface area contributed by atoms with E-state index in [4.69, 9.17) is 0 Å². The molecule has 1 N–H and O–H groups in total. The maximum atomic E-state index is 13.0. The smallest absolute Gasteiger partial charge is 0.346 e. The molecule has 5 nitrogen and oxygen atoms in total. The van der Waals surface area contributed by atoms with Crippen molar-refractivity contribution in [1.29, 1.82) is 0 Å². The topological polar surface area (TPSA) is 64.0 Å². The van der Waals surface area contributed by atoms with Crippen LogP contribution in [0.15, 0.2) is 64.5 Å². The normalized spacial score (nSPS) is 12.7. The third-order valence-corrected chi connectivity index (χ3v) is 5.21. The van der Waals surface area contributed by atoms with Crippen LogP contribution in [-0.2, 0) is 11.3 Å². The number of hydrogen-bond donors (Lipinski definition) is 1. The molecule has 0 fully saturated rings. The first-order valence-electron chi connectivity index (χ1n) is 8.79. The molecule has 1 aromatic heterocycles. The van der Waals surface area contributed by atoms with Crippen molar-refractivity contribution in [3.8, 4) is 0 Å². The van der Waals surface area contributed by atoms with Crippen molar-refractivity contribution in [3.05, 3.63) is 70.5 Å². The van der Waals surface area contributed by atoms with Crippen LogP contribution in [0.4, 0.5) is 13.2 Å². The number of halogens is 3. The molecule has 1 amide bonds. The first-order valence-corrected chi connectivity index (χ1v) is 9.67. The zero-order valence-electron chi connectivity index (χ0n) is 15.4. The molecule has 3 aromatic rings. The Morgan fingerprint density at radius 1 is 1.14 bits per heavy atom. The Kier molecular flexibility index (Phi) is 6.26.